The number of H-pyrrole nitrogens is 1. The number of amides is 1. The molecule has 0 aliphatic carbocycles. The lowest BCUT2D eigenvalue weighted by Gasteiger charge is -2.11. The summed E-state index contributed by atoms with van der Waals surface area (Å²) < 4.78 is 1.97. The number of aromatic nitrogens is 3. The van der Waals surface area contributed by atoms with Crippen LogP contribution in [0.25, 0.3) is 27.5 Å². The highest BCUT2D eigenvalue weighted by Crippen LogP contribution is 2.24. The average Bonchev–Trinajstić information content (AvgIpc) is 3.23. The number of carbonyl (C=O) groups is 1. The first-order valence-corrected chi connectivity index (χ1v) is 10.1. The normalized spacial score (nSPS) is 11.1. The van der Waals surface area contributed by atoms with Gasteiger partial charge in [-0.15, -0.1) is 0 Å². The van der Waals surface area contributed by atoms with E-state index >= 15 is 0 Å². The van der Waals surface area contributed by atoms with Gasteiger partial charge in [-0.3, -0.25) is 14.2 Å². The molecule has 31 heavy (non-hydrogen) atoms. The molecule has 0 spiro atoms. The number of benzene rings is 3. The van der Waals surface area contributed by atoms with Crippen LogP contribution in [0, 0.1) is 0 Å². The minimum Gasteiger partial charge on any atom is -0.348 e. The Hall–Kier alpha value is -3.90. The zero-order valence-electron chi connectivity index (χ0n) is 16.3. The van der Waals surface area contributed by atoms with E-state index in [1.165, 1.54) is 6.20 Å². The monoisotopic (exact) mass is 428 g/mol. The molecule has 0 radical (unpaired) electrons. The molecule has 2 N–H and O–H groups in total. The molecule has 3 aromatic carbocycles. The number of pyridine rings is 1. The second-order valence-corrected chi connectivity index (χ2v) is 7.55. The van der Waals surface area contributed by atoms with E-state index in [2.05, 4.69) is 15.3 Å². The highest BCUT2D eigenvalue weighted by atomic mass is 35.5. The van der Waals surface area contributed by atoms with Crippen LogP contribution in [0.4, 0.5) is 0 Å². The maximum absolute atomic E-state index is 12.8. The number of nitrogens with one attached hydrogen (secondary N) is 2. The van der Waals surface area contributed by atoms with Crippen molar-refractivity contribution in [2.45, 2.75) is 6.54 Å². The summed E-state index contributed by atoms with van der Waals surface area (Å²) in [4.78, 5) is 31.8. The lowest BCUT2D eigenvalue weighted by atomic mass is 10.1. The molecule has 0 bridgehead atoms. The van der Waals surface area contributed by atoms with Crippen LogP contribution in [0.15, 0.2) is 84.0 Å². The molecule has 0 saturated carbocycles. The minimum absolute atomic E-state index is 0.224. The van der Waals surface area contributed by atoms with Crippen LogP contribution in [-0.4, -0.2) is 20.4 Å². The van der Waals surface area contributed by atoms with E-state index in [9.17, 15) is 9.59 Å². The number of rotatable bonds is 4. The van der Waals surface area contributed by atoms with Gasteiger partial charge in [-0.1, -0.05) is 48.0 Å². The quantitative estimate of drug-likeness (QED) is 0.444. The standard InChI is InChI=1S/C24H17ClN4O2/c25-20-11-16(29-14-28-21-7-3-4-8-22(21)29)10-9-15(20)12-26-24(31)19-13-27-23(30)18-6-2-1-5-17(18)19/h1-11,13-14H,12H2,(H,26,31)(H,27,30). The van der Waals surface area contributed by atoms with Crippen LogP contribution in [0.1, 0.15) is 15.9 Å². The fourth-order valence-electron chi connectivity index (χ4n) is 3.66. The van der Waals surface area contributed by atoms with Crippen LogP contribution < -0.4 is 10.9 Å². The van der Waals surface area contributed by atoms with Gasteiger partial charge in [0.2, 0.25) is 0 Å². The van der Waals surface area contributed by atoms with Crippen molar-refractivity contribution < 1.29 is 4.79 Å². The van der Waals surface area contributed by atoms with Crippen molar-refractivity contribution in [3.8, 4) is 5.69 Å². The number of fused-ring (bicyclic) bond motifs is 2. The molecule has 0 unspecified atom stereocenters. The Morgan fingerprint density at radius 1 is 1.03 bits per heavy atom. The summed E-state index contributed by atoms with van der Waals surface area (Å²) in [5.41, 5.74) is 3.76. The van der Waals surface area contributed by atoms with Gasteiger partial charge in [-0.05, 0) is 35.9 Å². The fraction of sp³-hybridized carbons (Fsp3) is 0.0417. The summed E-state index contributed by atoms with van der Waals surface area (Å²) in [6.07, 6.45) is 3.20. The van der Waals surface area contributed by atoms with Gasteiger partial charge in [0, 0.05) is 34.2 Å². The summed E-state index contributed by atoms with van der Waals surface area (Å²) in [6, 6.07) is 20.6. The summed E-state index contributed by atoms with van der Waals surface area (Å²) >= 11 is 6.51. The Morgan fingerprint density at radius 2 is 1.81 bits per heavy atom. The van der Waals surface area contributed by atoms with E-state index < -0.39 is 0 Å². The molecule has 5 aromatic rings. The number of hydrogen-bond donors (Lipinski definition) is 2. The smallest absolute Gasteiger partial charge is 0.255 e. The van der Waals surface area contributed by atoms with Crippen LogP contribution in [-0.2, 0) is 6.54 Å². The second kappa shape index (κ2) is 7.74. The molecule has 5 rings (SSSR count). The lowest BCUT2D eigenvalue weighted by Crippen LogP contribution is -2.24. The van der Waals surface area contributed by atoms with E-state index in [4.69, 9.17) is 11.6 Å². The summed E-state index contributed by atoms with van der Waals surface area (Å²) in [7, 11) is 0. The maximum Gasteiger partial charge on any atom is 0.255 e. The Labute approximate surface area is 182 Å². The van der Waals surface area contributed by atoms with Gasteiger partial charge in [0.15, 0.2) is 0 Å². The summed E-state index contributed by atoms with van der Waals surface area (Å²) in [5.74, 6) is -0.284. The van der Waals surface area contributed by atoms with E-state index in [-0.39, 0.29) is 18.0 Å². The van der Waals surface area contributed by atoms with Gasteiger partial charge >= 0.3 is 0 Å². The third-order valence-electron chi connectivity index (χ3n) is 5.26. The molecule has 1 amide bonds. The van der Waals surface area contributed by atoms with Gasteiger partial charge in [-0.2, -0.15) is 0 Å². The van der Waals surface area contributed by atoms with Gasteiger partial charge in [0.25, 0.3) is 11.5 Å². The lowest BCUT2D eigenvalue weighted by molar-refractivity contribution is 0.0952. The van der Waals surface area contributed by atoms with Gasteiger partial charge < -0.3 is 10.3 Å². The molecule has 0 atom stereocenters. The van der Waals surface area contributed by atoms with Crippen molar-refractivity contribution >= 4 is 39.3 Å². The highest BCUT2D eigenvalue weighted by Gasteiger charge is 2.13. The zero-order chi connectivity index (χ0) is 21.4. The molecule has 0 fully saturated rings. The van der Waals surface area contributed by atoms with Crippen molar-refractivity contribution in [2.75, 3.05) is 0 Å². The molecule has 0 saturated heterocycles. The molecular formula is C24H17ClN4O2. The number of carbonyl (C=O) groups excluding carboxylic acids is 1. The van der Waals surface area contributed by atoms with Crippen LogP contribution in [0.3, 0.4) is 0 Å². The van der Waals surface area contributed by atoms with Gasteiger partial charge in [-0.25, -0.2) is 4.98 Å². The van der Waals surface area contributed by atoms with Crippen molar-refractivity contribution in [1.29, 1.82) is 0 Å². The molecule has 152 valence electrons. The molecule has 0 aliphatic heterocycles. The van der Waals surface area contributed by atoms with E-state index in [1.54, 1.807) is 30.6 Å². The maximum atomic E-state index is 12.8. The number of hydrogen-bond acceptors (Lipinski definition) is 3. The average molecular weight is 429 g/mol. The largest absolute Gasteiger partial charge is 0.348 e. The van der Waals surface area contributed by atoms with Crippen LogP contribution >= 0.6 is 11.6 Å². The topological polar surface area (TPSA) is 79.8 Å². The SMILES string of the molecule is O=C(NCc1ccc(-n2cnc3ccccc32)cc1Cl)c1c[nH]c(=O)c2ccccc12. The van der Waals surface area contributed by atoms with E-state index in [1.807, 2.05) is 47.0 Å². The molecule has 6 nitrogen and oxygen atoms in total. The first-order chi connectivity index (χ1) is 15.1. The highest BCUT2D eigenvalue weighted by molar-refractivity contribution is 6.31. The van der Waals surface area contributed by atoms with Crippen LogP contribution in [0.2, 0.25) is 5.02 Å². The first-order valence-electron chi connectivity index (χ1n) is 9.71. The van der Waals surface area contributed by atoms with Crippen molar-refractivity contribution in [3.63, 3.8) is 0 Å². The Balaban J connectivity index is 1.38. The van der Waals surface area contributed by atoms with Gasteiger partial charge in [0.1, 0.15) is 6.33 Å². The third kappa shape index (κ3) is 3.47. The zero-order valence-corrected chi connectivity index (χ0v) is 17.1. The molecule has 0 aliphatic rings. The number of para-hydroxylation sites is 2. The van der Waals surface area contributed by atoms with Crippen molar-refractivity contribution in [1.82, 2.24) is 19.9 Å². The fourth-order valence-corrected chi connectivity index (χ4v) is 3.90. The molecule has 2 heterocycles. The number of aromatic amines is 1. The van der Waals surface area contributed by atoms with Crippen LogP contribution in [0.5, 0.6) is 0 Å². The van der Waals surface area contributed by atoms with E-state index in [0.29, 0.717) is 21.4 Å². The Bertz CT molecular complexity index is 1500. The molecule has 2 aromatic heterocycles. The predicted octanol–water partition coefficient (Wildman–Crippen LogP) is 4.45. The summed E-state index contributed by atoms with van der Waals surface area (Å²) in [6.45, 7) is 0.260. The second-order valence-electron chi connectivity index (χ2n) is 7.14. The number of imidazole rings is 1. The predicted molar refractivity (Wildman–Crippen MR) is 122 cm³/mol. The number of halogens is 1. The first kappa shape index (κ1) is 19.1. The number of nitrogens with zero attached hydrogens (tertiary/aromatic N) is 2. The minimum atomic E-state index is -0.284. The van der Waals surface area contributed by atoms with Gasteiger partial charge in [0.05, 0.1) is 16.6 Å². The molecular weight excluding hydrogens is 412 g/mol. The third-order valence-corrected chi connectivity index (χ3v) is 5.61. The Morgan fingerprint density at radius 3 is 2.65 bits per heavy atom. The van der Waals surface area contributed by atoms with Crippen molar-refractivity contribution in [3.05, 3.63) is 106 Å². The summed E-state index contributed by atoms with van der Waals surface area (Å²) in [5, 5.41) is 4.52. The molecule has 7 heteroatoms. The van der Waals surface area contributed by atoms with Crippen molar-refractivity contribution in [2.24, 2.45) is 0 Å². The van der Waals surface area contributed by atoms with E-state index in [0.717, 1.165) is 22.3 Å². The Kier molecular flexibility index (Phi) is 4.76.